The highest BCUT2D eigenvalue weighted by Crippen LogP contribution is 2.47. The van der Waals surface area contributed by atoms with E-state index in [-0.39, 0.29) is 0 Å². The quantitative estimate of drug-likeness (QED) is 0.836. The van der Waals surface area contributed by atoms with E-state index in [1.165, 1.54) is 31.2 Å². The average Bonchev–Trinajstić information content (AvgIpc) is 3.08. The second-order valence-electron chi connectivity index (χ2n) is 5.69. The van der Waals surface area contributed by atoms with Crippen LogP contribution in [-0.2, 0) is 5.41 Å². The Morgan fingerprint density at radius 2 is 2.25 bits per heavy atom. The molecule has 0 atom stereocenters. The molecule has 2 heteroatoms. The van der Waals surface area contributed by atoms with E-state index in [4.69, 9.17) is 0 Å². The van der Waals surface area contributed by atoms with Gasteiger partial charge in [-0.05, 0) is 43.2 Å². The molecule has 16 heavy (non-hydrogen) atoms. The van der Waals surface area contributed by atoms with E-state index < -0.39 is 0 Å². The van der Waals surface area contributed by atoms with Crippen LogP contribution in [0.5, 0.6) is 0 Å². The number of hydrogen-bond donors (Lipinski definition) is 1. The van der Waals surface area contributed by atoms with Crippen LogP contribution >= 0.6 is 0 Å². The van der Waals surface area contributed by atoms with Crippen LogP contribution in [0.4, 0.5) is 0 Å². The summed E-state index contributed by atoms with van der Waals surface area (Å²) in [7, 11) is 0. The van der Waals surface area contributed by atoms with Crippen molar-refractivity contribution in [2.75, 3.05) is 6.54 Å². The van der Waals surface area contributed by atoms with Gasteiger partial charge in [0.15, 0.2) is 0 Å². The van der Waals surface area contributed by atoms with Crippen molar-refractivity contribution in [1.29, 1.82) is 0 Å². The fourth-order valence-corrected chi connectivity index (χ4v) is 3.06. The van der Waals surface area contributed by atoms with Crippen molar-refractivity contribution >= 4 is 0 Å². The minimum absolute atomic E-state index is 0.385. The van der Waals surface area contributed by atoms with Gasteiger partial charge in [0, 0.05) is 30.4 Å². The average molecular weight is 216 g/mol. The van der Waals surface area contributed by atoms with E-state index >= 15 is 0 Å². The fraction of sp³-hybridized carbons (Fsp3) is 0.643. The fourth-order valence-electron chi connectivity index (χ4n) is 3.06. The number of hydrogen-bond acceptors (Lipinski definition) is 2. The highest BCUT2D eigenvalue weighted by Gasteiger charge is 2.44. The summed E-state index contributed by atoms with van der Waals surface area (Å²) < 4.78 is 0. The van der Waals surface area contributed by atoms with E-state index in [1.807, 2.05) is 6.20 Å². The maximum Gasteiger partial charge on any atom is 0.0306 e. The lowest BCUT2D eigenvalue weighted by atomic mass is 9.59. The second kappa shape index (κ2) is 3.85. The summed E-state index contributed by atoms with van der Waals surface area (Å²) in [4.78, 5) is 4.27. The first-order valence-corrected chi connectivity index (χ1v) is 6.42. The van der Waals surface area contributed by atoms with Gasteiger partial charge in [-0.3, -0.25) is 4.98 Å². The van der Waals surface area contributed by atoms with Crippen molar-refractivity contribution in [2.24, 2.45) is 5.92 Å². The van der Waals surface area contributed by atoms with Crippen molar-refractivity contribution in [3.05, 3.63) is 30.1 Å². The van der Waals surface area contributed by atoms with E-state index in [0.717, 1.165) is 18.5 Å². The molecule has 86 valence electrons. The normalized spacial score (nSPS) is 33.4. The molecule has 0 amide bonds. The molecule has 0 aliphatic heterocycles. The topological polar surface area (TPSA) is 24.9 Å². The molecule has 1 aromatic heterocycles. The predicted octanol–water partition coefficient (Wildman–Crippen LogP) is 2.50. The lowest BCUT2D eigenvalue weighted by molar-refractivity contribution is 0.151. The van der Waals surface area contributed by atoms with Gasteiger partial charge in [0.2, 0.25) is 0 Å². The zero-order valence-electron chi connectivity index (χ0n) is 9.95. The van der Waals surface area contributed by atoms with Gasteiger partial charge in [0.05, 0.1) is 0 Å². The highest BCUT2D eigenvalue weighted by atomic mass is 15.0. The maximum absolute atomic E-state index is 4.27. The third-order valence-electron chi connectivity index (χ3n) is 4.06. The lowest BCUT2D eigenvalue weighted by Crippen LogP contribution is -2.48. The highest BCUT2D eigenvalue weighted by molar-refractivity contribution is 5.26. The third kappa shape index (κ3) is 1.86. The van der Waals surface area contributed by atoms with Crippen molar-refractivity contribution in [1.82, 2.24) is 10.3 Å². The Hall–Kier alpha value is -0.890. The van der Waals surface area contributed by atoms with Gasteiger partial charge in [-0.2, -0.15) is 0 Å². The van der Waals surface area contributed by atoms with Gasteiger partial charge in [-0.1, -0.05) is 13.0 Å². The van der Waals surface area contributed by atoms with Crippen LogP contribution in [0.1, 0.15) is 38.2 Å². The van der Waals surface area contributed by atoms with Crippen LogP contribution in [0.15, 0.2) is 24.5 Å². The lowest BCUT2D eigenvalue weighted by Gasteiger charge is -2.47. The molecule has 2 fully saturated rings. The van der Waals surface area contributed by atoms with Crippen LogP contribution in [-0.4, -0.2) is 17.6 Å². The molecule has 0 spiro atoms. The first-order chi connectivity index (χ1) is 7.78. The van der Waals surface area contributed by atoms with E-state index in [0.29, 0.717) is 5.41 Å². The third-order valence-corrected chi connectivity index (χ3v) is 4.06. The number of nitrogens with one attached hydrogen (secondary N) is 1. The van der Waals surface area contributed by atoms with Crippen LogP contribution in [0.3, 0.4) is 0 Å². The van der Waals surface area contributed by atoms with E-state index in [9.17, 15) is 0 Å². The molecule has 2 saturated carbocycles. The molecule has 0 radical (unpaired) electrons. The molecule has 0 bridgehead atoms. The summed E-state index contributed by atoms with van der Waals surface area (Å²) >= 11 is 0. The molecule has 2 aliphatic rings. The first kappa shape index (κ1) is 10.3. The molecular weight excluding hydrogens is 196 g/mol. The number of rotatable bonds is 4. The summed E-state index contributed by atoms with van der Waals surface area (Å²) in [5.41, 5.74) is 1.82. The van der Waals surface area contributed by atoms with Crippen molar-refractivity contribution in [2.45, 2.75) is 44.1 Å². The molecule has 1 aromatic rings. The predicted molar refractivity (Wildman–Crippen MR) is 65.3 cm³/mol. The van der Waals surface area contributed by atoms with Crippen LogP contribution in [0, 0.1) is 5.92 Å². The van der Waals surface area contributed by atoms with Gasteiger partial charge < -0.3 is 5.32 Å². The van der Waals surface area contributed by atoms with Crippen LogP contribution in [0.25, 0.3) is 0 Å². The molecule has 2 aliphatic carbocycles. The van der Waals surface area contributed by atoms with Crippen LogP contribution in [0.2, 0.25) is 0 Å². The van der Waals surface area contributed by atoms with Gasteiger partial charge in [-0.15, -0.1) is 0 Å². The van der Waals surface area contributed by atoms with Gasteiger partial charge in [0.1, 0.15) is 0 Å². The minimum atomic E-state index is 0.385. The van der Waals surface area contributed by atoms with Crippen molar-refractivity contribution < 1.29 is 0 Å². The summed E-state index contributed by atoms with van der Waals surface area (Å²) in [5.74, 6) is 0.876. The molecule has 3 rings (SSSR count). The van der Waals surface area contributed by atoms with Crippen molar-refractivity contribution in [3.63, 3.8) is 0 Å². The van der Waals surface area contributed by atoms with Crippen LogP contribution < -0.4 is 5.32 Å². The summed E-state index contributed by atoms with van der Waals surface area (Å²) in [6.45, 7) is 3.50. The smallest absolute Gasteiger partial charge is 0.0306 e. The number of nitrogens with zero attached hydrogens (tertiary/aromatic N) is 1. The summed E-state index contributed by atoms with van der Waals surface area (Å²) in [6, 6.07) is 5.12. The Labute approximate surface area is 97.5 Å². The number of aromatic nitrogens is 1. The number of pyridine rings is 1. The van der Waals surface area contributed by atoms with Gasteiger partial charge in [-0.25, -0.2) is 0 Å². The Balaban J connectivity index is 1.74. The zero-order valence-corrected chi connectivity index (χ0v) is 9.95. The summed E-state index contributed by atoms with van der Waals surface area (Å²) in [6.07, 6.45) is 9.31. The second-order valence-corrected chi connectivity index (χ2v) is 5.69. The van der Waals surface area contributed by atoms with Gasteiger partial charge >= 0.3 is 0 Å². The molecule has 1 heterocycles. The van der Waals surface area contributed by atoms with E-state index in [1.54, 1.807) is 0 Å². The standard InChI is InChI=1S/C14H20N2/c1-11-7-14(8-11,10-16-13-4-5-13)12-3-2-6-15-9-12/h2-3,6,9,11,13,16H,4-5,7-8,10H2,1H3. The van der Waals surface area contributed by atoms with Gasteiger partial charge in [0.25, 0.3) is 0 Å². The Morgan fingerprint density at radius 3 is 2.81 bits per heavy atom. The monoisotopic (exact) mass is 216 g/mol. The Kier molecular flexibility index (Phi) is 2.47. The molecular formula is C14H20N2. The summed E-state index contributed by atoms with van der Waals surface area (Å²) in [5, 5.41) is 3.69. The molecule has 0 unspecified atom stereocenters. The van der Waals surface area contributed by atoms with Crippen molar-refractivity contribution in [3.8, 4) is 0 Å². The Morgan fingerprint density at radius 1 is 1.44 bits per heavy atom. The molecule has 1 N–H and O–H groups in total. The molecule has 0 aromatic carbocycles. The molecule has 2 nitrogen and oxygen atoms in total. The molecule has 0 saturated heterocycles. The zero-order chi connectivity index (χ0) is 11.0. The first-order valence-electron chi connectivity index (χ1n) is 6.42. The minimum Gasteiger partial charge on any atom is -0.313 e. The SMILES string of the molecule is CC1CC(CNC2CC2)(c2cccnc2)C1. The maximum atomic E-state index is 4.27. The Bertz CT molecular complexity index is 350. The largest absolute Gasteiger partial charge is 0.313 e. The van der Waals surface area contributed by atoms with E-state index in [2.05, 4.69) is 35.6 Å².